The summed E-state index contributed by atoms with van der Waals surface area (Å²) in [5.74, 6) is 0.725. The number of nitrogens with zero attached hydrogens (tertiary/aromatic N) is 3. The van der Waals surface area contributed by atoms with Crippen molar-refractivity contribution in [2.45, 2.75) is 58.5 Å². The van der Waals surface area contributed by atoms with Gasteiger partial charge in [-0.15, -0.1) is 0 Å². The predicted molar refractivity (Wildman–Crippen MR) is 111 cm³/mol. The van der Waals surface area contributed by atoms with Gasteiger partial charge in [0, 0.05) is 31.9 Å². The first-order chi connectivity index (χ1) is 13.9. The van der Waals surface area contributed by atoms with Gasteiger partial charge in [-0.05, 0) is 63.5 Å². The van der Waals surface area contributed by atoms with Crippen molar-refractivity contribution in [3.63, 3.8) is 0 Å². The summed E-state index contributed by atoms with van der Waals surface area (Å²) in [5.41, 5.74) is 1.52. The number of amides is 2. The number of carbonyl (C=O) groups is 2. The molecule has 3 rings (SSSR count). The maximum absolute atomic E-state index is 12.4. The maximum Gasteiger partial charge on any atom is 0.254 e. The average molecular weight is 398 g/mol. The quantitative estimate of drug-likeness (QED) is 0.750. The Balaban J connectivity index is 1.51. The van der Waals surface area contributed by atoms with Crippen LogP contribution in [-0.2, 0) is 4.79 Å². The Bertz CT molecular complexity index is 810. The van der Waals surface area contributed by atoms with Gasteiger partial charge in [-0.1, -0.05) is 6.07 Å². The number of carbonyl (C=O) groups excluding carboxylic acids is 2. The Labute approximate surface area is 172 Å². The summed E-state index contributed by atoms with van der Waals surface area (Å²) in [5, 5.41) is 10.4. The molecule has 0 saturated heterocycles. The fraction of sp³-hybridized carbons (Fsp3) is 0.545. The molecule has 0 aliphatic heterocycles. The van der Waals surface area contributed by atoms with Gasteiger partial charge in [-0.2, -0.15) is 5.10 Å². The number of aromatic nitrogens is 3. The summed E-state index contributed by atoms with van der Waals surface area (Å²) in [6.07, 6.45) is 9.25. The summed E-state index contributed by atoms with van der Waals surface area (Å²) in [4.78, 5) is 28.5. The zero-order valence-corrected chi connectivity index (χ0v) is 17.5. The monoisotopic (exact) mass is 397 g/mol. The molecule has 0 aromatic carbocycles. The van der Waals surface area contributed by atoms with Gasteiger partial charge in [0.1, 0.15) is 0 Å². The SMILES string of the molecule is CC(=O)NC(c1ccccn1)C1CCC(CNC(=O)c2cnn(C(C)C)c2)CC1. The fourth-order valence-electron chi connectivity index (χ4n) is 4.01. The van der Waals surface area contributed by atoms with Crippen molar-refractivity contribution in [3.05, 3.63) is 48.0 Å². The van der Waals surface area contributed by atoms with Crippen LogP contribution in [0.25, 0.3) is 0 Å². The van der Waals surface area contributed by atoms with Crippen LogP contribution in [0.5, 0.6) is 0 Å². The highest BCUT2D eigenvalue weighted by Gasteiger charge is 2.30. The highest BCUT2D eigenvalue weighted by Crippen LogP contribution is 2.36. The van der Waals surface area contributed by atoms with Crippen molar-refractivity contribution in [1.82, 2.24) is 25.4 Å². The molecule has 2 aromatic rings. The lowest BCUT2D eigenvalue weighted by Crippen LogP contribution is -2.36. The van der Waals surface area contributed by atoms with Crippen LogP contribution >= 0.6 is 0 Å². The van der Waals surface area contributed by atoms with Crippen molar-refractivity contribution in [2.24, 2.45) is 11.8 Å². The first-order valence-corrected chi connectivity index (χ1v) is 10.4. The van der Waals surface area contributed by atoms with Gasteiger partial charge in [0.2, 0.25) is 5.91 Å². The second-order valence-electron chi connectivity index (χ2n) is 8.23. The lowest BCUT2D eigenvalue weighted by Gasteiger charge is -2.34. The molecule has 7 heteroatoms. The van der Waals surface area contributed by atoms with Gasteiger partial charge >= 0.3 is 0 Å². The minimum Gasteiger partial charge on any atom is -0.352 e. The molecule has 156 valence electrons. The van der Waals surface area contributed by atoms with Crippen molar-refractivity contribution in [2.75, 3.05) is 6.54 Å². The Morgan fingerprint density at radius 1 is 1.21 bits per heavy atom. The van der Waals surface area contributed by atoms with Crippen LogP contribution < -0.4 is 10.6 Å². The summed E-state index contributed by atoms with van der Waals surface area (Å²) in [7, 11) is 0. The Morgan fingerprint density at radius 3 is 2.55 bits per heavy atom. The predicted octanol–water partition coefficient (Wildman–Crippen LogP) is 3.27. The molecule has 2 aromatic heterocycles. The smallest absolute Gasteiger partial charge is 0.254 e. The second kappa shape index (κ2) is 9.67. The van der Waals surface area contributed by atoms with E-state index in [-0.39, 0.29) is 23.9 Å². The molecule has 0 radical (unpaired) electrons. The molecule has 1 fully saturated rings. The molecule has 1 saturated carbocycles. The molecule has 1 aliphatic carbocycles. The van der Waals surface area contributed by atoms with Crippen molar-refractivity contribution < 1.29 is 9.59 Å². The van der Waals surface area contributed by atoms with E-state index in [2.05, 4.69) is 20.7 Å². The lowest BCUT2D eigenvalue weighted by molar-refractivity contribution is -0.120. The zero-order valence-electron chi connectivity index (χ0n) is 17.5. The number of rotatable bonds is 7. The van der Waals surface area contributed by atoms with Gasteiger partial charge in [0.15, 0.2) is 0 Å². The van der Waals surface area contributed by atoms with Crippen LogP contribution in [0.1, 0.15) is 74.6 Å². The minimum atomic E-state index is -0.0661. The number of nitrogens with one attached hydrogen (secondary N) is 2. The fourth-order valence-corrected chi connectivity index (χ4v) is 4.01. The largest absolute Gasteiger partial charge is 0.352 e. The van der Waals surface area contributed by atoms with Crippen LogP contribution in [0.3, 0.4) is 0 Å². The van der Waals surface area contributed by atoms with Crippen molar-refractivity contribution in [3.8, 4) is 0 Å². The first-order valence-electron chi connectivity index (χ1n) is 10.4. The zero-order chi connectivity index (χ0) is 20.8. The molecule has 1 aliphatic rings. The van der Waals surface area contributed by atoms with Crippen molar-refractivity contribution in [1.29, 1.82) is 0 Å². The number of hydrogen-bond donors (Lipinski definition) is 2. The van der Waals surface area contributed by atoms with Crippen LogP contribution in [0, 0.1) is 11.8 Å². The first kappa shape index (κ1) is 21.0. The molecule has 1 atom stereocenters. The van der Waals surface area contributed by atoms with E-state index in [1.165, 1.54) is 0 Å². The number of pyridine rings is 1. The molecule has 7 nitrogen and oxygen atoms in total. The van der Waals surface area contributed by atoms with E-state index in [1.807, 2.05) is 32.0 Å². The van der Waals surface area contributed by atoms with Crippen LogP contribution in [-0.4, -0.2) is 33.1 Å². The summed E-state index contributed by atoms with van der Waals surface area (Å²) in [6, 6.07) is 6.01. The number of hydrogen-bond acceptors (Lipinski definition) is 4. The Morgan fingerprint density at radius 2 is 1.97 bits per heavy atom. The maximum atomic E-state index is 12.4. The molecule has 1 unspecified atom stereocenters. The normalized spacial score (nSPS) is 20.3. The third-order valence-electron chi connectivity index (χ3n) is 5.67. The lowest BCUT2D eigenvalue weighted by atomic mass is 9.77. The topological polar surface area (TPSA) is 88.9 Å². The highest BCUT2D eigenvalue weighted by molar-refractivity contribution is 5.93. The molecule has 29 heavy (non-hydrogen) atoms. The standard InChI is InChI=1S/C22H31N5O2/c1-15(2)27-14-19(13-25-27)22(29)24-12-17-7-9-18(10-8-17)21(26-16(3)28)20-6-4-5-11-23-20/h4-6,11,13-15,17-18,21H,7-10,12H2,1-3H3,(H,24,29)(H,26,28). The minimum absolute atomic E-state index is 0.0306. The van der Waals surface area contributed by atoms with Crippen LogP contribution in [0.15, 0.2) is 36.8 Å². The molecule has 2 amide bonds. The van der Waals surface area contributed by atoms with Crippen LogP contribution in [0.2, 0.25) is 0 Å². The highest BCUT2D eigenvalue weighted by atomic mass is 16.2. The van der Waals surface area contributed by atoms with E-state index in [1.54, 1.807) is 30.2 Å². The van der Waals surface area contributed by atoms with E-state index in [4.69, 9.17) is 0 Å². The molecular weight excluding hydrogens is 366 g/mol. The Hall–Kier alpha value is -2.70. The van der Waals surface area contributed by atoms with Crippen molar-refractivity contribution >= 4 is 11.8 Å². The molecule has 2 heterocycles. The molecule has 0 bridgehead atoms. The second-order valence-corrected chi connectivity index (χ2v) is 8.23. The van der Waals surface area contributed by atoms with E-state index in [9.17, 15) is 9.59 Å². The molecular formula is C22H31N5O2. The molecule has 2 N–H and O–H groups in total. The van der Waals surface area contributed by atoms with Crippen LogP contribution in [0.4, 0.5) is 0 Å². The summed E-state index contributed by atoms with van der Waals surface area (Å²) < 4.78 is 1.79. The molecule has 0 spiro atoms. The van der Waals surface area contributed by atoms with E-state index in [0.29, 0.717) is 23.9 Å². The van der Waals surface area contributed by atoms with E-state index < -0.39 is 0 Å². The summed E-state index contributed by atoms with van der Waals surface area (Å²) in [6.45, 7) is 6.30. The average Bonchev–Trinajstić information content (AvgIpc) is 3.22. The van der Waals surface area contributed by atoms with Gasteiger partial charge in [0.05, 0.1) is 23.5 Å². The van der Waals surface area contributed by atoms with Gasteiger partial charge in [-0.25, -0.2) is 0 Å². The van der Waals surface area contributed by atoms with E-state index in [0.717, 1.165) is 31.4 Å². The van der Waals surface area contributed by atoms with Gasteiger partial charge in [0.25, 0.3) is 5.91 Å². The Kier molecular flexibility index (Phi) is 7.01. The van der Waals surface area contributed by atoms with E-state index >= 15 is 0 Å². The third-order valence-corrected chi connectivity index (χ3v) is 5.67. The third kappa shape index (κ3) is 5.65. The summed E-state index contributed by atoms with van der Waals surface area (Å²) >= 11 is 0. The van der Waals surface area contributed by atoms with Gasteiger partial charge < -0.3 is 10.6 Å². The van der Waals surface area contributed by atoms with Gasteiger partial charge in [-0.3, -0.25) is 19.3 Å².